The van der Waals surface area contributed by atoms with Crippen LogP contribution < -0.4 is 4.72 Å². The fraction of sp³-hybridized carbons (Fsp3) is 0. The lowest BCUT2D eigenvalue weighted by atomic mass is 10.1. The van der Waals surface area contributed by atoms with Crippen molar-refractivity contribution >= 4 is 16.0 Å². The molecule has 0 saturated carbocycles. The van der Waals surface area contributed by atoms with Gasteiger partial charge in [-0.25, -0.2) is 23.1 Å². The normalized spacial score (nSPS) is 11.1. The van der Waals surface area contributed by atoms with E-state index in [9.17, 15) is 8.42 Å². The minimum atomic E-state index is -3.77. The summed E-state index contributed by atoms with van der Waals surface area (Å²) >= 11 is 0. The maximum absolute atomic E-state index is 12.6. The molecule has 0 aliphatic rings. The van der Waals surface area contributed by atoms with Crippen LogP contribution in [0.15, 0.2) is 78.0 Å². The predicted molar refractivity (Wildman–Crippen MR) is 84.7 cm³/mol. The Morgan fingerprint density at radius 1 is 0.773 bits per heavy atom. The molecule has 0 bridgehead atoms. The second kappa shape index (κ2) is 5.95. The number of rotatable bonds is 4. The molecule has 1 aromatic heterocycles. The molecule has 0 radical (unpaired) electrons. The molecule has 110 valence electrons. The molecule has 1 heterocycles. The molecule has 0 aliphatic carbocycles. The van der Waals surface area contributed by atoms with Crippen molar-refractivity contribution in [1.82, 2.24) is 9.97 Å². The lowest BCUT2D eigenvalue weighted by molar-refractivity contribution is 0.601. The van der Waals surface area contributed by atoms with E-state index in [2.05, 4.69) is 14.7 Å². The van der Waals surface area contributed by atoms with Crippen LogP contribution in [0.2, 0.25) is 0 Å². The molecule has 5 nitrogen and oxygen atoms in total. The van der Waals surface area contributed by atoms with Crippen LogP contribution in [0.5, 0.6) is 0 Å². The summed E-state index contributed by atoms with van der Waals surface area (Å²) in [5, 5.41) is 0. The van der Waals surface area contributed by atoms with Crippen LogP contribution >= 0.6 is 0 Å². The Morgan fingerprint density at radius 2 is 1.41 bits per heavy atom. The topological polar surface area (TPSA) is 72.0 Å². The van der Waals surface area contributed by atoms with Crippen molar-refractivity contribution in [1.29, 1.82) is 0 Å². The lowest BCUT2D eigenvalue weighted by Crippen LogP contribution is -2.15. The monoisotopic (exact) mass is 311 g/mol. The third-order valence-corrected chi connectivity index (χ3v) is 4.44. The van der Waals surface area contributed by atoms with Crippen molar-refractivity contribution in [3.05, 3.63) is 73.1 Å². The number of hydrogen-bond acceptors (Lipinski definition) is 4. The van der Waals surface area contributed by atoms with Gasteiger partial charge in [-0.05, 0) is 17.7 Å². The van der Waals surface area contributed by atoms with E-state index in [0.29, 0.717) is 5.56 Å². The summed E-state index contributed by atoms with van der Waals surface area (Å²) in [6, 6.07) is 17.8. The zero-order chi connectivity index (χ0) is 15.4. The number of nitrogens with one attached hydrogen (secondary N) is 1. The van der Waals surface area contributed by atoms with E-state index < -0.39 is 10.0 Å². The van der Waals surface area contributed by atoms with Gasteiger partial charge < -0.3 is 0 Å². The zero-order valence-electron chi connectivity index (χ0n) is 11.5. The Labute approximate surface area is 128 Å². The second-order valence-electron chi connectivity index (χ2n) is 4.54. The maximum Gasteiger partial charge on any atom is 0.264 e. The highest BCUT2D eigenvalue weighted by atomic mass is 32.2. The first-order valence-electron chi connectivity index (χ1n) is 6.61. The molecule has 0 amide bonds. The summed E-state index contributed by atoms with van der Waals surface area (Å²) in [6.07, 6.45) is 2.96. The molecule has 2 aromatic carbocycles. The molecule has 1 N–H and O–H groups in total. The Morgan fingerprint density at radius 3 is 2.14 bits per heavy atom. The smallest absolute Gasteiger partial charge is 0.247 e. The van der Waals surface area contributed by atoms with E-state index in [1.807, 2.05) is 30.3 Å². The number of sulfonamides is 1. The summed E-state index contributed by atoms with van der Waals surface area (Å²) in [5.41, 5.74) is 1.46. The molecule has 0 saturated heterocycles. The number of anilines is 1. The summed E-state index contributed by atoms with van der Waals surface area (Å²) in [4.78, 5) is 7.97. The average Bonchev–Trinajstić information content (AvgIpc) is 2.56. The molecular formula is C16H13N3O2S. The molecule has 0 spiro atoms. The van der Waals surface area contributed by atoms with Crippen molar-refractivity contribution < 1.29 is 8.42 Å². The first-order chi connectivity index (χ1) is 10.7. The van der Waals surface area contributed by atoms with Gasteiger partial charge in [-0.2, -0.15) is 0 Å². The standard InChI is InChI=1S/C16H13N3O2S/c20-22(21,19-16-17-11-6-12-18-16)15-10-5-4-9-14(15)13-7-2-1-3-8-13/h1-12H,(H,17,18,19). The SMILES string of the molecule is O=S(=O)(Nc1ncccn1)c1ccccc1-c1ccccc1. The third kappa shape index (κ3) is 2.96. The highest BCUT2D eigenvalue weighted by molar-refractivity contribution is 7.92. The van der Waals surface area contributed by atoms with Gasteiger partial charge in [0.1, 0.15) is 0 Å². The third-order valence-electron chi connectivity index (χ3n) is 3.05. The Bertz CT molecular complexity index is 866. The summed E-state index contributed by atoms with van der Waals surface area (Å²) < 4.78 is 27.6. The summed E-state index contributed by atoms with van der Waals surface area (Å²) in [7, 11) is -3.77. The van der Waals surface area contributed by atoms with Crippen LogP contribution in [-0.2, 0) is 10.0 Å². The average molecular weight is 311 g/mol. The Kier molecular flexibility index (Phi) is 3.84. The fourth-order valence-electron chi connectivity index (χ4n) is 2.08. The van der Waals surface area contributed by atoms with Crippen LogP contribution in [-0.4, -0.2) is 18.4 Å². The van der Waals surface area contributed by atoms with Crippen molar-refractivity contribution in [2.24, 2.45) is 0 Å². The van der Waals surface area contributed by atoms with Gasteiger partial charge in [0.05, 0.1) is 4.90 Å². The molecule has 0 aliphatic heterocycles. The van der Waals surface area contributed by atoms with Crippen LogP contribution in [0.25, 0.3) is 11.1 Å². The van der Waals surface area contributed by atoms with E-state index in [1.165, 1.54) is 12.4 Å². The fourth-order valence-corrected chi connectivity index (χ4v) is 3.27. The van der Waals surface area contributed by atoms with Crippen LogP contribution in [0, 0.1) is 0 Å². The Hall–Kier alpha value is -2.73. The van der Waals surface area contributed by atoms with E-state index >= 15 is 0 Å². The predicted octanol–water partition coefficient (Wildman–Crippen LogP) is 2.94. The van der Waals surface area contributed by atoms with Gasteiger partial charge in [0.25, 0.3) is 10.0 Å². The van der Waals surface area contributed by atoms with Crippen molar-refractivity contribution in [2.75, 3.05) is 4.72 Å². The van der Waals surface area contributed by atoms with E-state index in [1.54, 1.807) is 30.3 Å². The Balaban J connectivity index is 2.05. The van der Waals surface area contributed by atoms with Crippen LogP contribution in [0.3, 0.4) is 0 Å². The number of aromatic nitrogens is 2. The maximum atomic E-state index is 12.6. The summed E-state index contributed by atoms with van der Waals surface area (Å²) in [5.74, 6) is 0.0466. The molecule has 0 atom stereocenters. The van der Waals surface area contributed by atoms with Gasteiger partial charge in [0, 0.05) is 18.0 Å². The van der Waals surface area contributed by atoms with Crippen molar-refractivity contribution in [2.45, 2.75) is 4.90 Å². The number of hydrogen-bond donors (Lipinski definition) is 1. The van der Waals surface area contributed by atoms with E-state index in [4.69, 9.17) is 0 Å². The van der Waals surface area contributed by atoms with Gasteiger partial charge in [-0.15, -0.1) is 0 Å². The quantitative estimate of drug-likeness (QED) is 0.804. The van der Waals surface area contributed by atoms with Gasteiger partial charge in [-0.3, -0.25) is 0 Å². The van der Waals surface area contributed by atoms with Crippen LogP contribution in [0.4, 0.5) is 5.95 Å². The van der Waals surface area contributed by atoms with E-state index in [0.717, 1.165) is 5.56 Å². The number of nitrogens with zero attached hydrogens (tertiary/aromatic N) is 2. The molecule has 3 rings (SSSR count). The lowest BCUT2D eigenvalue weighted by Gasteiger charge is -2.11. The highest BCUT2D eigenvalue weighted by Crippen LogP contribution is 2.27. The first-order valence-corrected chi connectivity index (χ1v) is 8.09. The van der Waals surface area contributed by atoms with Gasteiger partial charge in [0.15, 0.2) is 0 Å². The minimum absolute atomic E-state index is 0.0466. The molecule has 22 heavy (non-hydrogen) atoms. The molecule has 0 unspecified atom stereocenters. The molecule has 0 fully saturated rings. The van der Waals surface area contributed by atoms with Crippen LogP contribution in [0.1, 0.15) is 0 Å². The molecule has 3 aromatic rings. The minimum Gasteiger partial charge on any atom is -0.247 e. The van der Waals surface area contributed by atoms with Gasteiger partial charge in [-0.1, -0.05) is 48.5 Å². The van der Waals surface area contributed by atoms with Crippen molar-refractivity contribution in [3.63, 3.8) is 0 Å². The van der Waals surface area contributed by atoms with Gasteiger partial charge >= 0.3 is 0 Å². The zero-order valence-corrected chi connectivity index (χ0v) is 12.4. The molecule has 6 heteroatoms. The largest absolute Gasteiger partial charge is 0.264 e. The molecular weight excluding hydrogens is 298 g/mol. The van der Waals surface area contributed by atoms with Crippen molar-refractivity contribution in [3.8, 4) is 11.1 Å². The second-order valence-corrected chi connectivity index (χ2v) is 6.19. The number of benzene rings is 2. The van der Waals surface area contributed by atoms with E-state index in [-0.39, 0.29) is 10.8 Å². The van der Waals surface area contributed by atoms with Gasteiger partial charge in [0.2, 0.25) is 5.95 Å². The first kappa shape index (κ1) is 14.2. The highest BCUT2D eigenvalue weighted by Gasteiger charge is 2.19. The summed E-state index contributed by atoms with van der Waals surface area (Å²) in [6.45, 7) is 0.